The number of H-pyrrole nitrogens is 2. The number of amides is 2. The molecule has 0 radical (unpaired) electrons. The predicted octanol–water partition coefficient (Wildman–Crippen LogP) is 1.62. The van der Waals surface area contributed by atoms with Gasteiger partial charge in [0.2, 0.25) is 0 Å². The SMILES string of the molecule is O=C(NCc1ccc(Cl)cc1)N1CCc2c([nH][nH]c2=O)C1. The van der Waals surface area contributed by atoms with E-state index in [0.29, 0.717) is 31.1 Å². The molecule has 3 rings (SSSR count). The topological polar surface area (TPSA) is 81.0 Å². The Hall–Kier alpha value is -2.21. The van der Waals surface area contributed by atoms with Crippen molar-refractivity contribution in [2.75, 3.05) is 6.54 Å². The molecule has 0 saturated carbocycles. The van der Waals surface area contributed by atoms with Gasteiger partial charge in [0.25, 0.3) is 5.56 Å². The second kappa shape index (κ2) is 5.65. The van der Waals surface area contributed by atoms with Crippen molar-refractivity contribution in [3.8, 4) is 0 Å². The Morgan fingerprint density at radius 2 is 2.05 bits per heavy atom. The van der Waals surface area contributed by atoms with Gasteiger partial charge in [-0.05, 0) is 24.1 Å². The minimum Gasteiger partial charge on any atom is -0.334 e. The number of aromatic amines is 2. The van der Waals surface area contributed by atoms with Gasteiger partial charge in [-0.25, -0.2) is 4.79 Å². The highest BCUT2D eigenvalue weighted by atomic mass is 35.5. The Morgan fingerprint density at radius 1 is 1.29 bits per heavy atom. The largest absolute Gasteiger partial charge is 0.334 e. The van der Waals surface area contributed by atoms with Gasteiger partial charge in [-0.15, -0.1) is 0 Å². The number of hydrogen-bond donors (Lipinski definition) is 3. The molecular formula is C14H15ClN4O2. The van der Waals surface area contributed by atoms with Crippen molar-refractivity contribution in [3.05, 3.63) is 56.5 Å². The van der Waals surface area contributed by atoms with Gasteiger partial charge in [0.15, 0.2) is 0 Å². The van der Waals surface area contributed by atoms with E-state index in [0.717, 1.165) is 16.8 Å². The molecule has 2 heterocycles. The minimum atomic E-state index is -0.141. The fourth-order valence-corrected chi connectivity index (χ4v) is 2.53. The summed E-state index contributed by atoms with van der Waals surface area (Å²) in [5.74, 6) is 0. The summed E-state index contributed by atoms with van der Waals surface area (Å²) in [4.78, 5) is 25.3. The number of hydrogen-bond acceptors (Lipinski definition) is 2. The average Bonchev–Trinajstić information content (AvgIpc) is 2.87. The lowest BCUT2D eigenvalue weighted by atomic mass is 10.1. The molecule has 6 nitrogen and oxygen atoms in total. The zero-order valence-electron chi connectivity index (χ0n) is 11.3. The van der Waals surface area contributed by atoms with Gasteiger partial charge >= 0.3 is 6.03 Å². The number of nitrogens with one attached hydrogen (secondary N) is 3. The Bertz CT molecular complexity index is 705. The first kappa shape index (κ1) is 13.8. The third-order valence-corrected chi connectivity index (χ3v) is 3.84. The van der Waals surface area contributed by atoms with Crippen molar-refractivity contribution in [1.82, 2.24) is 20.4 Å². The smallest absolute Gasteiger partial charge is 0.318 e. The fraction of sp³-hybridized carbons (Fsp3) is 0.286. The second-order valence-corrected chi connectivity index (χ2v) is 5.43. The van der Waals surface area contributed by atoms with Crippen molar-refractivity contribution in [1.29, 1.82) is 0 Å². The van der Waals surface area contributed by atoms with E-state index in [9.17, 15) is 9.59 Å². The molecule has 21 heavy (non-hydrogen) atoms. The van der Waals surface area contributed by atoms with Crippen LogP contribution in [0.4, 0.5) is 4.79 Å². The first-order chi connectivity index (χ1) is 10.1. The van der Waals surface area contributed by atoms with Crippen LogP contribution in [0.1, 0.15) is 16.8 Å². The van der Waals surface area contributed by atoms with Crippen LogP contribution < -0.4 is 10.9 Å². The molecule has 0 spiro atoms. The molecule has 1 aromatic heterocycles. The number of halogens is 1. The molecule has 0 unspecified atom stereocenters. The molecule has 1 aliphatic rings. The van der Waals surface area contributed by atoms with Crippen LogP contribution in [0.2, 0.25) is 5.02 Å². The molecule has 0 fully saturated rings. The molecule has 7 heteroatoms. The number of benzene rings is 1. The van der Waals surface area contributed by atoms with Crippen molar-refractivity contribution in [3.63, 3.8) is 0 Å². The van der Waals surface area contributed by atoms with Gasteiger partial charge < -0.3 is 15.3 Å². The van der Waals surface area contributed by atoms with Gasteiger partial charge in [0.1, 0.15) is 0 Å². The molecule has 0 saturated heterocycles. The fourth-order valence-electron chi connectivity index (χ4n) is 2.40. The van der Waals surface area contributed by atoms with Gasteiger partial charge in [-0.3, -0.25) is 9.89 Å². The standard InChI is InChI=1S/C14H15ClN4O2/c15-10-3-1-9(2-4-10)7-16-14(21)19-6-5-11-12(8-19)17-18-13(11)20/h1-4H,5-8H2,(H,16,21)(H2,17,18,20). The van der Waals surface area contributed by atoms with Crippen LogP contribution in [0.25, 0.3) is 0 Å². The third-order valence-electron chi connectivity index (χ3n) is 3.59. The van der Waals surface area contributed by atoms with Gasteiger partial charge in [0, 0.05) is 23.7 Å². The molecule has 0 atom stereocenters. The Balaban J connectivity index is 1.59. The second-order valence-electron chi connectivity index (χ2n) is 4.99. The number of fused-ring (bicyclic) bond motifs is 1. The zero-order valence-corrected chi connectivity index (χ0v) is 12.0. The Kier molecular flexibility index (Phi) is 3.70. The highest BCUT2D eigenvalue weighted by Crippen LogP contribution is 2.13. The van der Waals surface area contributed by atoms with Gasteiger partial charge in [0.05, 0.1) is 12.2 Å². The highest BCUT2D eigenvalue weighted by Gasteiger charge is 2.23. The number of carbonyl (C=O) groups excluding carboxylic acids is 1. The Labute approximate surface area is 126 Å². The van der Waals surface area contributed by atoms with E-state index in [1.807, 2.05) is 12.1 Å². The van der Waals surface area contributed by atoms with E-state index >= 15 is 0 Å². The molecule has 1 aromatic carbocycles. The predicted molar refractivity (Wildman–Crippen MR) is 79.2 cm³/mol. The molecule has 2 aromatic rings. The van der Waals surface area contributed by atoms with E-state index in [1.165, 1.54) is 0 Å². The molecule has 1 aliphatic heterocycles. The van der Waals surface area contributed by atoms with Crippen molar-refractivity contribution >= 4 is 17.6 Å². The summed E-state index contributed by atoms with van der Waals surface area (Å²) in [6, 6.07) is 7.19. The van der Waals surface area contributed by atoms with Crippen molar-refractivity contribution in [2.45, 2.75) is 19.5 Å². The summed E-state index contributed by atoms with van der Waals surface area (Å²) in [6.07, 6.45) is 0.572. The number of carbonyl (C=O) groups is 1. The number of aromatic nitrogens is 2. The summed E-state index contributed by atoms with van der Waals surface area (Å²) in [7, 11) is 0. The lowest BCUT2D eigenvalue weighted by molar-refractivity contribution is 0.191. The van der Waals surface area contributed by atoms with Crippen LogP contribution in [0, 0.1) is 0 Å². The maximum absolute atomic E-state index is 12.1. The molecule has 0 bridgehead atoms. The number of nitrogens with zero attached hydrogens (tertiary/aromatic N) is 1. The maximum Gasteiger partial charge on any atom is 0.318 e. The monoisotopic (exact) mass is 306 g/mol. The van der Waals surface area contributed by atoms with Crippen molar-refractivity contribution in [2.24, 2.45) is 0 Å². The van der Waals surface area contributed by atoms with E-state index in [4.69, 9.17) is 11.6 Å². The average molecular weight is 307 g/mol. The first-order valence-corrected chi connectivity index (χ1v) is 7.07. The minimum absolute atomic E-state index is 0.0915. The quantitative estimate of drug-likeness (QED) is 0.788. The van der Waals surface area contributed by atoms with E-state index < -0.39 is 0 Å². The van der Waals surface area contributed by atoms with Crippen LogP contribution in [0.3, 0.4) is 0 Å². The van der Waals surface area contributed by atoms with Crippen LogP contribution in [0.15, 0.2) is 29.1 Å². The summed E-state index contributed by atoms with van der Waals surface area (Å²) in [5, 5.41) is 8.91. The summed E-state index contributed by atoms with van der Waals surface area (Å²) in [6.45, 7) is 1.41. The van der Waals surface area contributed by atoms with Crippen molar-refractivity contribution < 1.29 is 4.79 Å². The third kappa shape index (κ3) is 2.95. The summed E-state index contributed by atoms with van der Waals surface area (Å²) < 4.78 is 0. The van der Waals surface area contributed by atoms with Crippen LogP contribution >= 0.6 is 11.6 Å². The van der Waals surface area contributed by atoms with E-state index in [2.05, 4.69) is 15.5 Å². The lowest BCUT2D eigenvalue weighted by Crippen LogP contribution is -2.43. The van der Waals surface area contributed by atoms with E-state index in [1.54, 1.807) is 17.0 Å². The molecule has 2 amide bonds. The molecule has 0 aliphatic carbocycles. The summed E-state index contributed by atoms with van der Waals surface area (Å²) in [5.41, 5.74) is 2.43. The molecule has 110 valence electrons. The Morgan fingerprint density at radius 3 is 2.81 bits per heavy atom. The number of urea groups is 1. The van der Waals surface area contributed by atoms with Gasteiger partial charge in [-0.1, -0.05) is 23.7 Å². The summed E-state index contributed by atoms with van der Waals surface area (Å²) >= 11 is 5.82. The van der Waals surface area contributed by atoms with Crippen LogP contribution in [0.5, 0.6) is 0 Å². The number of rotatable bonds is 2. The maximum atomic E-state index is 12.1. The molecule has 3 N–H and O–H groups in total. The normalized spacial score (nSPS) is 13.9. The van der Waals surface area contributed by atoms with Crippen LogP contribution in [-0.4, -0.2) is 27.7 Å². The first-order valence-electron chi connectivity index (χ1n) is 6.69. The lowest BCUT2D eigenvalue weighted by Gasteiger charge is -2.26. The molecular weight excluding hydrogens is 292 g/mol. The highest BCUT2D eigenvalue weighted by molar-refractivity contribution is 6.30. The van der Waals surface area contributed by atoms with Crippen LogP contribution in [-0.2, 0) is 19.5 Å². The van der Waals surface area contributed by atoms with Gasteiger partial charge in [-0.2, -0.15) is 0 Å². The zero-order chi connectivity index (χ0) is 14.8. The van der Waals surface area contributed by atoms with E-state index in [-0.39, 0.29) is 11.6 Å².